The second-order valence-electron chi connectivity index (χ2n) is 9.75. The number of ether oxygens (including phenoxy) is 1. The van der Waals surface area contributed by atoms with Gasteiger partial charge in [0, 0.05) is 31.8 Å². The summed E-state index contributed by atoms with van der Waals surface area (Å²) in [7, 11) is 1.64. The zero-order valence-corrected chi connectivity index (χ0v) is 22.7. The summed E-state index contributed by atoms with van der Waals surface area (Å²) in [5.74, 6) is 0.950. The number of imidazole rings is 1. The van der Waals surface area contributed by atoms with Crippen LogP contribution in [-0.4, -0.2) is 50.7 Å². The van der Waals surface area contributed by atoms with Crippen LogP contribution in [0.1, 0.15) is 44.4 Å². The van der Waals surface area contributed by atoms with Crippen molar-refractivity contribution < 1.29 is 20.1 Å². The maximum atomic E-state index is 10.8. The van der Waals surface area contributed by atoms with E-state index < -0.39 is 6.10 Å². The maximum absolute atomic E-state index is 10.8. The third-order valence-electron chi connectivity index (χ3n) is 6.33. The summed E-state index contributed by atoms with van der Waals surface area (Å²) in [6.45, 7) is 7.98. The zero-order chi connectivity index (χ0) is 27.5. The number of nitrogens with zero attached hydrogens (tertiary/aromatic N) is 2. The van der Waals surface area contributed by atoms with Gasteiger partial charge in [0.1, 0.15) is 11.5 Å². The fourth-order valence-corrected chi connectivity index (χ4v) is 4.01. The number of β-amino-alcohol motifs (C(OH)–C–C–N with tert-alkyl or cyclic N) is 1. The lowest BCUT2D eigenvalue weighted by atomic mass is 9.99. The van der Waals surface area contributed by atoms with Crippen LogP contribution in [-0.2, 0) is 13.1 Å². The Morgan fingerprint density at radius 1 is 1.05 bits per heavy atom. The number of aromatic hydroxyl groups is 1. The van der Waals surface area contributed by atoms with E-state index in [1.807, 2.05) is 48.8 Å². The number of rotatable bonds is 11. The maximum Gasteiger partial charge on any atom is 0.138 e. The number of aryl methyl sites for hydroxylation is 1. The normalized spacial score (nSPS) is 12.1. The summed E-state index contributed by atoms with van der Waals surface area (Å²) in [5.41, 5.74) is 4.33. The Bertz CT molecular complexity index is 1270. The molecule has 1 aromatic heterocycles. The number of aliphatic hydroxyl groups is 2. The third-order valence-corrected chi connectivity index (χ3v) is 6.33. The zero-order valence-electron chi connectivity index (χ0n) is 22.7. The largest absolute Gasteiger partial charge is 0.506 e. The van der Waals surface area contributed by atoms with Gasteiger partial charge in [0.05, 0.1) is 36.3 Å². The number of hydrogen-bond acceptors (Lipinski definition) is 7. The average molecular weight is 521 g/mol. The van der Waals surface area contributed by atoms with E-state index in [4.69, 9.17) is 9.84 Å². The minimum atomic E-state index is -0.703. The van der Waals surface area contributed by atoms with Crippen LogP contribution in [0, 0.1) is 0 Å². The van der Waals surface area contributed by atoms with Crippen molar-refractivity contribution in [1.82, 2.24) is 14.9 Å². The molecule has 0 fully saturated rings. The molecule has 3 aromatic carbocycles. The van der Waals surface area contributed by atoms with Crippen LogP contribution >= 0.6 is 0 Å². The summed E-state index contributed by atoms with van der Waals surface area (Å²) in [6.07, 6.45) is 2.06. The highest BCUT2D eigenvalue weighted by molar-refractivity contribution is 5.74. The lowest BCUT2D eigenvalue weighted by molar-refractivity contribution is 0.158. The molecule has 0 saturated heterocycles. The van der Waals surface area contributed by atoms with Gasteiger partial charge in [-0.2, -0.15) is 0 Å². The molecule has 0 bridgehead atoms. The topological polar surface area (TPSA) is 112 Å². The molecule has 8 nitrogen and oxygen atoms in total. The SMILES string of the molecule is CCO.COc1ccc(CNc2cc(C(O)CNC(C)(C)CCn3cnc4ccccc43)ccc2O)cc1. The van der Waals surface area contributed by atoms with Crippen LogP contribution in [0.5, 0.6) is 11.5 Å². The summed E-state index contributed by atoms with van der Waals surface area (Å²) < 4.78 is 7.36. The molecule has 1 unspecified atom stereocenters. The van der Waals surface area contributed by atoms with Crippen molar-refractivity contribution in [3.63, 3.8) is 0 Å². The average Bonchev–Trinajstić information content (AvgIpc) is 3.34. The fraction of sp³-hybridized carbons (Fsp3) is 0.367. The van der Waals surface area contributed by atoms with Crippen molar-refractivity contribution in [1.29, 1.82) is 0 Å². The number of fused-ring (bicyclic) bond motifs is 1. The standard InChI is InChI=1S/C28H34N4O3.C2H6O/c1-28(2,14-15-32-19-30-23-6-4-5-7-25(23)32)31-18-27(34)21-10-13-26(33)24(16-21)29-17-20-8-11-22(35-3)12-9-20;1-2-3/h4-13,16,19,27,29,31,33-34H,14-15,17-18H2,1-3H3;3H,2H2,1H3. The van der Waals surface area contributed by atoms with Crippen molar-refractivity contribution in [2.75, 3.05) is 25.6 Å². The molecular formula is C30H40N4O4. The van der Waals surface area contributed by atoms with Gasteiger partial charge in [-0.25, -0.2) is 4.98 Å². The van der Waals surface area contributed by atoms with Crippen molar-refractivity contribution >= 4 is 16.7 Å². The first-order valence-electron chi connectivity index (χ1n) is 12.9. The number of hydrogen-bond donors (Lipinski definition) is 5. The van der Waals surface area contributed by atoms with Crippen LogP contribution in [0.15, 0.2) is 73.1 Å². The van der Waals surface area contributed by atoms with E-state index in [1.54, 1.807) is 32.2 Å². The van der Waals surface area contributed by atoms with Gasteiger partial charge in [-0.05, 0) is 74.7 Å². The first-order valence-corrected chi connectivity index (χ1v) is 12.9. The smallest absolute Gasteiger partial charge is 0.138 e. The molecule has 4 rings (SSSR count). The summed E-state index contributed by atoms with van der Waals surface area (Å²) in [4.78, 5) is 4.46. The summed E-state index contributed by atoms with van der Waals surface area (Å²) in [6, 6.07) is 21.0. The first kappa shape index (κ1) is 29.0. The minimum absolute atomic E-state index is 0.148. The third kappa shape index (κ3) is 8.21. The van der Waals surface area contributed by atoms with Gasteiger partial charge in [-0.3, -0.25) is 0 Å². The number of aliphatic hydroxyl groups excluding tert-OH is 2. The molecule has 4 aromatic rings. The number of anilines is 1. The molecule has 8 heteroatoms. The Hall–Kier alpha value is -3.59. The molecule has 38 heavy (non-hydrogen) atoms. The number of nitrogens with one attached hydrogen (secondary N) is 2. The number of phenolic OH excluding ortho intramolecular Hbond substituents is 1. The molecule has 0 aliphatic rings. The number of methoxy groups -OCH3 is 1. The van der Waals surface area contributed by atoms with Gasteiger partial charge in [0.25, 0.3) is 0 Å². The summed E-state index contributed by atoms with van der Waals surface area (Å²) >= 11 is 0. The molecule has 0 amide bonds. The van der Waals surface area contributed by atoms with Crippen molar-refractivity contribution in [2.24, 2.45) is 0 Å². The predicted molar refractivity (Wildman–Crippen MR) is 153 cm³/mol. The molecule has 1 atom stereocenters. The lowest BCUT2D eigenvalue weighted by Crippen LogP contribution is -2.42. The van der Waals surface area contributed by atoms with Crippen LogP contribution in [0.3, 0.4) is 0 Å². The number of benzene rings is 3. The second kappa shape index (κ2) is 13.8. The quantitative estimate of drug-likeness (QED) is 0.180. The highest BCUT2D eigenvalue weighted by atomic mass is 16.5. The van der Waals surface area contributed by atoms with Crippen LogP contribution in [0.4, 0.5) is 5.69 Å². The number of aromatic nitrogens is 2. The van der Waals surface area contributed by atoms with Crippen molar-refractivity contribution in [3.05, 3.63) is 84.2 Å². The molecular weight excluding hydrogens is 480 g/mol. The van der Waals surface area contributed by atoms with E-state index >= 15 is 0 Å². The van der Waals surface area contributed by atoms with E-state index in [9.17, 15) is 10.2 Å². The van der Waals surface area contributed by atoms with Crippen molar-refractivity contribution in [3.8, 4) is 11.5 Å². The van der Waals surface area contributed by atoms with E-state index in [1.165, 1.54) is 0 Å². The van der Waals surface area contributed by atoms with E-state index in [0.717, 1.165) is 40.9 Å². The van der Waals surface area contributed by atoms with Crippen LogP contribution in [0.2, 0.25) is 0 Å². The molecule has 5 N–H and O–H groups in total. The highest BCUT2D eigenvalue weighted by Gasteiger charge is 2.20. The first-order chi connectivity index (χ1) is 18.3. The molecule has 0 spiro atoms. The van der Waals surface area contributed by atoms with Crippen molar-refractivity contribution in [2.45, 2.75) is 51.9 Å². The van der Waals surface area contributed by atoms with Gasteiger partial charge in [0.15, 0.2) is 0 Å². The Morgan fingerprint density at radius 2 is 1.76 bits per heavy atom. The monoisotopic (exact) mass is 520 g/mol. The summed E-state index contributed by atoms with van der Waals surface area (Å²) in [5, 5.41) is 35.4. The minimum Gasteiger partial charge on any atom is -0.506 e. The van der Waals surface area contributed by atoms with Gasteiger partial charge >= 0.3 is 0 Å². The number of para-hydroxylation sites is 2. The fourth-order valence-electron chi connectivity index (χ4n) is 4.01. The Morgan fingerprint density at radius 3 is 2.47 bits per heavy atom. The Kier molecular flexibility index (Phi) is 10.5. The predicted octanol–water partition coefficient (Wildman–Crippen LogP) is 4.85. The lowest BCUT2D eigenvalue weighted by Gasteiger charge is -2.28. The Balaban J connectivity index is 0.00000127. The van der Waals surface area contributed by atoms with Gasteiger partial charge in [-0.1, -0.05) is 30.3 Å². The van der Waals surface area contributed by atoms with Gasteiger partial charge < -0.3 is 35.3 Å². The molecule has 0 saturated carbocycles. The highest BCUT2D eigenvalue weighted by Crippen LogP contribution is 2.28. The van der Waals surface area contributed by atoms with E-state index in [0.29, 0.717) is 18.8 Å². The molecule has 0 aliphatic carbocycles. The van der Waals surface area contributed by atoms with E-state index in [2.05, 4.69) is 40.1 Å². The molecule has 0 radical (unpaired) electrons. The number of phenols is 1. The van der Waals surface area contributed by atoms with Gasteiger partial charge in [0.2, 0.25) is 0 Å². The second-order valence-corrected chi connectivity index (χ2v) is 9.75. The van der Waals surface area contributed by atoms with Gasteiger partial charge in [-0.15, -0.1) is 0 Å². The molecule has 1 heterocycles. The van der Waals surface area contributed by atoms with Crippen LogP contribution < -0.4 is 15.4 Å². The van der Waals surface area contributed by atoms with Crippen LogP contribution in [0.25, 0.3) is 11.0 Å². The van der Waals surface area contributed by atoms with E-state index in [-0.39, 0.29) is 17.9 Å². The molecule has 0 aliphatic heterocycles. The Labute approximate surface area is 224 Å². The molecule has 204 valence electrons.